The number of nitrogens with zero attached hydrogens (tertiary/aromatic N) is 3. The van der Waals surface area contributed by atoms with Crippen molar-refractivity contribution in [3.05, 3.63) is 59.2 Å². The van der Waals surface area contributed by atoms with E-state index >= 15 is 0 Å². The van der Waals surface area contributed by atoms with Crippen LogP contribution < -0.4 is 5.32 Å². The van der Waals surface area contributed by atoms with Gasteiger partial charge in [0.05, 0.1) is 0 Å². The Bertz CT molecular complexity index is 774. The van der Waals surface area contributed by atoms with Crippen molar-refractivity contribution in [1.82, 2.24) is 15.2 Å². The number of carbonyl (C=O) groups excluding carboxylic acids is 1. The standard InChI is InChI=1S/C14H9BrN4O2/c15-10-4-5-16-12(7-10)13(20)18-11-3-1-2-9(6-11)14-19-17-8-21-14/h1-8H,(H,18,20). The highest BCUT2D eigenvalue weighted by Crippen LogP contribution is 2.20. The Morgan fingerprint density at radius 1 is 1.24 bits per heavy atom. The normalized spacial score (nSPS) is 10.3. The molecule has 0 radical (unpaired) electrons. The second kappa shape index (κ2) is 5.84. The van der Waals surface area contributed by atoms with E-state index in [-0.39, 0.29) is 5.91 Å². The van der Waals surface area contributed by atoms with Crippen LogP contribution in [-0.2, 0) is 0 Å². The van der Waals surface area contributed by atoms with Crippen LogP contribution in [0.2, 0.25) is 0 Å². The molecule has 0 aliphatic rings. The van der Waals surface area contributed by atoms with Gasteiger partial charge in [0.1, 0.15) is 5.69 Å². The van der Waals surface area contributed by atoms with Gasteiger partial charge in [-0.15, -0.1) is 10.2 Å². The topological polar surface area (TPSA) is 80.9 Å². The number of benzene rings is 1. The number of amides is 1. The number of pyridine rings is 1. The summed E-state index contributed by atoms with van der Waals surface area (Å²) in [6.45, 7) is 0. The molecule has 0 spiro atoms. The van der Waals surface area contributed by atoms with Crippen molar-refractivity contribution >= 4 is 27.5 Å². The minimum absolute atomic E-state index is 0.293. The molecular weight excluding hydrogens is 336 g/mol. The number of hydrogen-bond donors (Lipinski definition) is 1. The molecule has 1 amide bonds. The molecule has 0 unspecified atom stereocenters. The van der Waals surface area contributed by atoms with E-state index < -0.39 is 0 Å². The Kier molecular flexibility index (Phi) is 3.74. The number of rotatable bonds is 3. The van der Waals surface area contributed by atoms with Gasteiger partial charge in [-0.3, -0.25) is 9.78 Å². The summed E-state index contributed by atoms with van der Waals surface area (Å²) >= 11 is 3.31. The summed E-state index contributed by atoms with van der Waals surface area (Å²) in [4.78, 5) is 16.1. The Labute approximate surface area is 128 Å². The molecule has 0 saturated heterocycles. The molecule has 0 aliphatic heterocycles. The molecule has 0 saturated carbocycles. The van der Waals surface area contributed by atoms with Crippen molar-refractivity contribution in [3.63, 3.8) is 0 Å². The largest absolute Gasteiger partial charge is 0.423 e. The van der Waals surface area contributed by atoms with Crippen molar-refractivity contribution in [3.8, 4) is 11.5 Å². The maximum Gasteiger partial charge on any atom is 0.274 e. The molecule has 1 N–H and O–H groups in total. The Hall–Kier alpha value is -2.54. The van der Waals surface area contributed by atoms with Gasteiger partial charge in [0, 0.05) is 21.9 Å². The van der Waals surface area contributed by atoms with Gasteiger partial charge in [0.25, 0.3) is 5.91 Å². The highest BCUT2D eigenvalue weighted by Gasteiger charge is 2.09. The fourth-order valence-electron chi connectivity index (χ4n) is 1.75. The van der Waals surface area contributed by atoms with Gasteiger partial charge in [-0.2, -0.15) is 0 Å². The van der Waals surface area contributed by atoms with Gasteiger partial charge in [0.2, 0.25) is 12.3 Å². The smallest absolute Gasteiger partial charge is 0.274 e. The van der Waals surface area contributed by atoms with Gasteiger partial charge < -0.3 is 9.73 Å². The van der Waals surface area contributed by atoms with E-state index in [2.05, 4.69) is 36.4 Å². The van der Waals surface area contributed by atoms with Crippen LogP contribution in [0.25, 0.3) is 11.5 Å². The highest BCUT2D eigenvalue weighted by atomic mass is 79.9. The van der Waals surface area contributed by atoms with Crippen LogP contribution in [-0.4, -0.2) is 21.1 Å². The summed E-state index contributed by atoms with van der Waals surface area (Å²) in [6, 6.07) is 10.5. The molecule has 3 rings (SSSR count). The van der Waals surface area contributed by atoms with Crippen molar-refractivity contribution in [1.29, 1.82) is 0 Å². The molecule has 104 valence electrons. The summed E-state index contributed by atoms with van der Waals surface area (Å²) in [5.41, 5.74) is 1.68. The summed E-state index contributed by atoms with van der Waals surface area (Å²) < 4.78 is 5.92. The molecule has 2 heterocycles. The molecule has 1 aromatic carbocycles. The van der Waals surface area contributed by atoms with Crippen molar-refractivity contribution in [2.75, 3.05) is 5.32 Å². The first-order valence-corrected chi connectivity index (χ1v) is 6.81. The van der Waals surface area contributed by atoms with E-state index in [4.69, 9.17) is 4.42 Å². The van der Waals surface area contributed by atoms with Crippen LogP contribution in [0.5, 0.6) is 0 Å². The lowest BCUT2D eigenvalue weighted by Gasteiger charge is -2.05. The maximum atomic E-state index is 12.1. The molecule has 21 heavy (non-hydrogen) atoms. The highest BCUT2D eigenvalue weighted by molar-refractivity contribution is 9.10. The average Bonchev–Trinajstić information content (AvgIpc) is 3.02. The molecule has 7 heteroatoms. The van der Waals surface area contributed by atoms with E-state index in [0.717, 1.165) is 10.0 Å². The average molecular weight is 345 g/mol. The summed E-state index contributed by atoms with van der Waals surface area (Å²) in [6.07, 6.45) is 2.82. The number of halogens is 1. The van der Waals surface area contributed by atoms with Crippen LogP contribution in [0, 0.1) is 0 Å². The summed E-state index contributed by atoms with van der Waals surface area (Å²) in [7, 11) is 0. The fourth-order valence-corrected chi connectivity index (χ4v) is 2.09. The van der Waals surface area contributed by atoms with Gasteiger partial charge in [0.15, 0.2) is 0 Å². The fraction of sp³-hybridized carbons (Fsp3) is 0. The predicted molar refractivity (Wildman–Crippen MR) is 79.6 cm³/mol. The van der Waals surface area contributed by atoms with Crippen LogP contribution in [0.15, 0.2) is 57.9 Å². The van der Waals surface area contributed by atoms with E-state index in [0.29, 0.717) is 17.3 Å². The minimum atomic E-state index is -0.293. The lowest BCUT2D eigenvalue weighted by Crippen LogP contribution is -2.13. The third-order valence-electron chi connectivity index (χ3n) is 2.68. The van der Waals surface area contributed by atoms with Crippen LogP contribution in [0.4, 0.5) is 5.69 Å². The third-order valence-corrected chi connectivity index (χ3v) is 3.18. The van der Waals surface area contributed by atoms with Crippen molar-refractivity contribution < 1.29 is 9.21 Å². The van der Waals surface area contributed by atoms with E-state index in [1.54, 1.807) is 36.5 Å². The van der Waals surface area contributed by atoms with Gasteiger partial charge in [-0.25, -0.2) is 0 Å². The number of hydrogen-bond acceptors (Lipinski definition) is 5. The zero-order chi connectivity index (χ0) is 14.7. The first-order valence-electron chi connectivity index (χ1n) is 6.02. The molecule has 0 atom stereocenters. The molecule has 0 aliphatic carbocycles. The quantitative estimate of drug-likeness (QED) is 0.789. The van der Waals surface area contributed by atoms with Gasteiger partial charge >= 0.3 is 0 Å². The number of anilines is 1. The van der Waals surface area contributed by atoms with Gasteiger partial charge in [-0.1, -0.05) is 22.0 Å². The molecule has 2 aromatic heterocycles. The molecule has 0 bridgehead atoms. The van der Waals surface area contributed by atoms with Gasteiger partial charge in [-0.05, 0) is 30.3 Å². The van der Waals surface area contributed by atoms with Crippen molar-refractivity contribution in [2.24, 2.45) is 0 Å². The molecule has 3 aromatic rings. The molecule has 0 fully saturated rings. The number of aromatic nitrogens is 3. The van der Waals surface area contributed by atoms with E-state index in [1.807, 2.05) is 6.07 Å². The summed E-state index contributed by atoms with van der Waals surface area (Å²) in [5, 5.41) is 10.2. The summed E-state index contributed by atoms with van der Waals surface area (Å²) in [5.74, 6) is 0.102. The molecular formula is C14H9BrN4O2. The Morgan fingerprint density at radius 3 is 2.90 bits per heavy atom. The lowest BCUT2D eigenvalue weighted by molar-refractivity contribution is 0.102. The Balaban J connectivity index is 1.82. The van der Waals surface area contributed by atoms with Crippen molar-refractivity contribution in [2.45, 2.75) is 0 Å². The van der Waals surface area contributed by atoms with E-state index in [9.17, 15) is 4.79 Å². The van der Waals surface area contributed by atoms with Crippen LogP contribution in [0.1, 0.15) is 10.5 Å². The zero-order valence-electron chi connectivity index (χ0n) is 10.7. The molecule has 6 nitrogen and oxygen atoms in total. The lowest BCUT2D eigenvalue weighted by atomic mass is 10.2. The number of nitrogens with one attached hydrogen (secondary N) is 1. The first kappa shape index (κ1) is 13.4. The van der Waals surface area contributed by atoms with E-state index in [1.165, 1.54) is 6.39 Å². The monoisotopic (exact) mass is 344 g/mol. The second-order valence-electron chi connectivity index (χ2n) is 4.14. The minimum Gasteiger partial charge on any atom is -0.423 e. The first-order chi connectivity index (χ1) is 10.2. The number of carbonyl (C=O) groups is 1. The second-order valence-corrected chi connectivity index (χ2v) is 5.05. The Morgan fingerprint density at radius 2 is 2.14 bits per heavy atom. The SMILES string of the molecule is O=C(Nc1cccc(-c2nnco2)c1)c1cc(Br)ccn1. The van der Waals surface area contributed by atoms with Crippen LogP contribution >= 0.6 is 15.9 Å². The van der Waals surface area contributed by atoms with Crippen LogP contribution in [0.3, 0.4) is 0 Å². The third kappa shape index (κ3) is 3.14. The predicted octanol–water partition coefficient (Wildman–Crippen LogP) is 3.15. The zero-order valence-corrected chi connectivity index (χ0v) is 12.2. The maximum absolute atomic E-state index is 12.1.